The number of hydrogen-bond donors (Lipinski definition) is 2. The number of likely N-dealkylation sites (tertiary alicyclic amines) is 1. The Bertz CT molecular complexity index is 1030. The third kappa shape index (κ3) is 4.37. The van der Waals surface area contributed by atoms with Gasteiger partial charge in [-0.1, -0.05) is 18.2 Å². The van der Waals surface area contributed by atoms with E-state index in [2.05, 4.69) is 10.6 Å². The number of fused-ring (bicyclic) bond motifs is 2. The summed E-state index contributed by atoms with van der Waals surface area (Å²) in [6, 6.07) is 14.5. The largest absolute Gasteiger partial charge is 0.497 e. The fourth-order valence-corrected chi connectivity index (χ4v) is 3.92. The fraction of sp³-hybridized carbons (Fsp3) is 0.261. The van der Waals surface area contributed by atoms with E-state index in [0.717, 1.165) is 5.56 Å². The first-order valence-electron chi connectivity index (χ1n) is 10.0. The van der Waals surface area contributed by atoms with E-state index in [-0.39, 0.29) is 11.8 Å². The highest BCUT2D eigenvalue weighted by Gasteiger charge is 2.45. The number of rotatable bonds is 4. The lowest BCUT2D eigenvalue weighted by atomic mass is 9.82. The number of nitrogens with zero attached hydrogens (tertiary/aromatic N) is 1. The van der Waals surface area contributed by atoms with Crippen LogP contribution in [0.5, 0.6) is 5.75 Å². The molecule has 0 saturated carbocycles. The Morgan fingerprint density at radius 1 is 1.13 bits per heavy atom. The standard InChI is InChI=1S/C23H23N3O5/c1-30-17-7-8-19-18(15-17)23(31-22(29)25-19)11-13-26(14-12-23)21(28)10-9-20(27)24-16-5-3-2-4-6-16/h2-10,15H,11-14H2,1H3,(H,24,27)(H,25,29)/b10-9+. The Kier molecular flexibility index (Phi) is 5.62. The number of ether oxygens (including phenoxy) is 2. The Hall–Kier alpha value is -3.81. The first-order valence-corrected chi connectivity index (χ1v) is 10.0. The van der Waals surface area contributed by atoms with Crippen LogP contribution in [0.15, 0.2) is 60.7 Å². The first kappa shape index (κ1) is 20.5. The summed E-state index contributed by atoms with van der Waals surface area (Å²) >= 11 is 0. The predicted octanol–water partition coefficient (Wildman–Crippen LogP) is 3.27. The van der Waals surface area contributed by atoms with Gasteiger partial charge in [0.15, 0.2) is 0 Å². The summed E-state index contributed by atoms with van der Waals surface area (Å²) in [5.74, 6) is 0.0364. The molecule has 8 nitrogen and oxygen atoms in total. The molecule has 0 unspecified atom stereocenters. The van der Waals surface area contributed by atoms with Crippen LogP contribution in [0.4, 0.5) is 16.2 Å². The molecule has 3 amide bonds. The molecule has 0 aromatic heterocycles. The lowest BCUT2D eigenvalue weighted by Gasteiger charge is -2.44. The van der Waals surface area contributed by atoms with Crippen molar-refractivity contribution in [2.75, 3.05) is 30.8 Å². The lowest BCUT2D eigenvalue weighted by Crippen LogP contribution is -2.49. The van der Waals surface area contributed by atoms with Crippen LogP contribution < -0.4 is 15.4 Å². The molecule has 160 valence electrons. The number of piperidine rings is 1. The Morgan fingerprint density at radius 2 is 1.87 bits per heavy atom. The highest BCUT2D eigenvalue weighted by molar-refractivity contribution is 6.03. The molecule has 2 aliphatic heterocycles. The van der Waals surface area contributed by atoms with E-state index in [1.165, 1.54) is 12.2 Å². The number of benzene rings is 2. The molecular formula is C23H23N3O5. The van der Waals surface area contributed by atoms with Crippen LogP contribution in [0.3, 0.4) is 0 Å². The van der Waals surface area contributed by atoms with Gasteiger partial charge in [-0.3, -0.25) is 14.9 Å². The second-order valence-electron chi connectivity index (χ2n) is 7.43. The first-order chi connectivity index (χ1) is 15.0. The number of para-hydroxylation sites is 1. The third-order valence-electron chi connectivity index (χ3n) is 5.54. The van der Waals surface area contributed by atoms with E-state index < -0.39 is 11.7 Å². The van der Waals surface area contributed by atoms with Crippen LogP contribution in [0.1, 0.15) is 18.4 Å². The van der Waals surface area contributed by atoms with E-state index in [1.807, 2.05) is 24.3 Å². The van der Waals surface area contributed by atoms with Crippen molar-refractivity contribution in [3.8, 4) is 5.75 Å². The molecule has 2 aromatic carbocycles. The highest BCUT2D eigenvalue weighted by Crippen LogP contribution is 2.44. The Balaban J connectivity index is 1.41. The Labute approximate surface area is 179 Å². The topological polar surface area (TPSA) is 97.0 Å². The van der Waals surface area contributed by atoms with Crippen LogP contribution in [0, 0.1) is 0 Å². The predicted molar refractivity (Wildman–Crippen MR) is 115 cm³/mol. The summed E-state index contributed by atoms with van der Waals surface area (Å²) in [4.78, 5) is 38.3. The van der Waals surface area contributed by atoms with Crippen LogP contribution >= 0.6 is 0 Å². The molecule has 4 rings (SSSR count). The van der Waals surface area contributed by atoms with Crippen molar-refractivity contribution in [2.45, 2.75) is 18.4 Å². The van der Waals surface area contributed by atoms with Gasteiger partial charge in [-0.25, -0.2) is 4.79 Å². The number of anilines is 2. The summed E-state index contributed by atoms with van der Waals surface area (Å²) in [5, 5.41) is 5.42. The van der Waals surface area contributed by atoms with Crippen LogP contribution in [0.2, 0.25) is 0 Å². The van der Waals surface area contributed by atoms with Crippen molar-refractivity contribution in [3.05, 3.63) is 66.2 Å². The minimum absolute atomic E-state index is 0.260. The van der Waals surface area contributed by atoms with Crippen molar-refractivity contribution in [2.24, 2.45) is 0 Å². The van der Waals surface area contributed by atoms with Gasteiger partial charge in [0.2, 0.25) is 11.8 Å². The number of carbonyl (C=O) groups excluding carboxylic acids is 3. The maximum atomic E-state index is 12.6. The lowest BCUT2D eigenvalue weighted by molar-refractivity contribution is -0.130. The zero-order valence-electron chi connectivity index (χ0n) is 17.1. The average molecular weight is 421 g/mol. The third-order valence-corrected chi connectivity index (χ3v) is 5.54. The maximum absolute atomic E-state index is 12.6. The Morgan fingerprint density at radius 3 is 2.58 bits per heavy atom. The molecule has 1 spiro atoms. The van der Waals surface area contributed by atoms with E-state index in [9.17, 15) is 14.4 Å². The van der Waals surface area contributed by atoms with Gasteiger partial charge < -0.3 is 19.7 Å². The molecular weight excluding hydrogens is 398 g/mol. The van der Waals surface area contributed by atoms with Crippen molar-refractivity contribution < 1.29 is 23.9 Å². The highest BCUT2D eigenvalue weighted by atomic mass is 16.6. The van der Waals surface area contributed by atoms with Crippen molar-refractivity contribution in [1.29, 1.82) is 0 Å². The summed E-state index contributed by atoms with van der Waals surface area (Å²) in [5.41, 5.74) is 1.38. The summed E-state index contributed by atoms with van der Waals surface area (Å²) < 4.78 is 11.0. The number of amides is 3. The fourth-order valence-electron chi connectivity index (χ4n) is 3.92. The van der Waals surface area contributed by atoms with E-state index in [0.29, 0.717) is 43.1 Å². The number of carbonyl (C=O) groups is 3. The van der Waals surface area contributed by atoms with Gasteiger partial charge in [-0.15, -0.1) is 0 Å². The molecule has 2 N–H and O–H groups in total. The number of methoxy groups -OCH3 is 1. The van der Waals surface area contributed by atoms with E-state index in [4.69, 9.17) is 9.47 Å². The molecule has 0 radical (unpaired) electrons. The molecule has 0 atom stereocenters. The summed E-state index contributed by atoms with van der Waals surface area (Å²) in [6.45, 7) is 0.792. The molecule has 1 fully saturated rings. The molecule has 1 saturated heterocycles. The van der Waals surface area contributed by atoms with Gasteiger partial charge in [0.1, 0.15) is 11.4 Å². The molecule has 31 heavy (non-hydrogen) atoms. The smallest absolute Gasteiger partial charge is 0.412 e. The molecule has 8 heteroatoms. The van der Waals surface area contributed by atoms with E-state index in [1.54, 1.807) is 36.3 Å². The SMILES string of the molecule is COc1ccc2c(c1)C1(CCN(C(=O)/C=C/C(=O)Nc3ccccc3)CC1)OC(=O)N2. The van der Waals surface area contributed by atoms with Gasteiger partial charge >= 0.3 is 6.09 Å². The minimum Gasteiger partial charge on any atom is -0.497 e. The normalized spacial score (nSPS) is 16.9. The molecule has 2 aliphatic rings. The van der Waals surface area contributed by atoms with Gasteiger partial charge in [-0.2, -0.15) is 0 Å². The monoisotopic (exact) mass is 421 g/mol. The number of hydrogen-bond acceptors (Lipinski definition) is 5. The second kappa shape index (κ2) is 8.51. The van der Waals surface area contributed by atoms with Crippen molar-refractivity contribution >= 4 is 29.3 Å². The van der Waals surface area contributed by atoms with Crippen molar-refractivity contribution in [3.63, 3.8) is 0 Å². The summed E-state index contributed by atoms with van der Waals surface area (Å²) in [7, 11) is 1.58. The second-order valence-corrected chi connectivity index (χ2v) is 7.43. The quantitative estimate of drug-likeness (QED) is 0.739. The van der Waals surface area contributed by atoms with Crippen LogP contribution in [0.25, 0.3) is 0 Å². The molecule has 0 bridgehead atoms. The maximum Gasteiger partial charge on any atom is 0.412 e. The minimum atomic E-state index is -0.808. The zero-order valence-corrected chi connectivity index (χ0v) is 17.1. The molecule has 0 aliphatic carbocycles. The average Bonchev–Trinajstić information content (AvgIpc) is 2.78. The summed E-state index contributed by atoms with van der Waals surface area (Å²) in [6.07, 6.45) is 2.90. The van der Waals surface area contributed by atoms with Gasteiger partial charge in [0.25, 0.3) is 0 Å². The molecule has 2 aromatic rings. The number of nitrogens with one attached hydrogen (secondary N) is 2. The van der Waals surface area contributed by atoms with Crippen molar-refractivity contribution in [1.82, 2.24) is 4.90 Å². The molecule has 2 heterocycles. The zero-order chi connectivity index (χ0) is 21.8. The van der Waals surface area contributed by atoms with Gasteiger partial charge in [-0.05, 0) is 30.3 Å². The van der Waals surface area contributed by atoms with Gasteiger partial charge in [0, 0.05) is 49.3 Å². The van der Waals surface area contributed by atoms with Crippen LogP contribution in [-0.4, -0.2) is 43.0 Å². The van der Waals surface area contributed by atoms with Crippen LogP contribution in [-0.2, 0) is 19.9 Å². The van der Waals surface area contributed by atoms with E-state index >= 15 is 0 Å². The van der Waals surface area contributed by atoms with Gasteiger partial charge in [0.05, 0.1) is 12.8 Å².